The van der Waals surface area contributed by atoms with E-state index in [1.54, 1.807) is 0 Å². The molecule has 0 spiro atoms. The van der Waals surface area contributed by atoms with Crippen molar-refractivity contribution in [1.29, 1.82) is 0 Å². The Labute approximate surface area is 116 Å². The Kier molecular flexibility index (Phi) is 7.03. The molecular formula is C9H17N2O4PS2. The summed E-state index contributed by atoms with van der Waals surface area (Å²) in [5.41, 5.74) is 0. The number of hydrogen-bond acceptors (Lipinski definition) is 8. The van der Waals surface area contributed by atoms with Crippen molar-refractivity contribution in [3.05, 3.63) is 0 Å². The lowest BCUT2D eigenvalue weighted by atomic mass is 10.5. The van der Waals surface area contributed by atoms with E-state index in [-0.39, 0.29) is 6.01 Å². The van der Waals surface area contributed by atoms with Gasteiger partial charge in [-0.05, 0) is 20.3 Å². The minimum absolute atomic E-state index is 0.149. The van der Waals surface area contributed by atoms with Gasteiger partial charge in [0.15, 0.2) is 0 Å². The second-order valence-corrected chi connectivity index (χ2v) is 6.71. The van der Waals surface area contributed by atoms with Crippen LogP contribution < -0.4 is 9.26 Å². The molecule has 18 heavy (non-hydrogen) atoms. The zero-order valence-corrected chi connectivity index (χ0v) is 13.1. The average Bonchev–Trinajstić information content (AvgIpc) is 2.74. The predicted octanol–water partition coefficient (Wildman–Crippen LogP) is 3.00. The van der Waals surface area contributed by atoms with Crippen molar-refractivity contribution >= 4 is 30.1 Å². The lowest BCUT2D eigenvalue weighted by molar-refractivity contribution is 0.214. The van der Waals surface area contributed by atoms with E-state index in [2.05, 4.69) is 9.36 Å². The van der Waals surface area contributed by atoms with E-state index >= 15 is 0 Å². The smallest absolute Gasteiger partial charge is 0.382 e. The number of aromatic nitrogens is 2. The van der Waals surface area contributed by atoms with Crippen LogP contribution in [-0.4, -0.2) is 29.2 Å². The van der Waals surface area contributed by atoms with Crippen LogP contribution in [0.25, 0.3) is 0 Å². The highest BCUT2D eigenvalue weighted by Gasteiger charge is 2.23. The van der Waals surface area contributed by atoms with Crippen molar-refractivity contribution in [2.24, 2.45) is 0 Å². The summed E-state index contributed by atoms with van der Waals surface area (Å²) in [4.78, 5) is 4.06. The Morgan fingerprint density at radius 2 is 1.89 bits per heavy atom. The molecule has 0 saturated carbocycles. The Morgan fingerprint density at radius 3 is 2.44 bits per heavy atom. The van der Waals surface area contributed by atoms with Crippen LogP contribution in [-0.2, 0) is 20.9 Å². The maximum absolute atomic E-state index is 5.43. The van der Waals surface area contributed by atoms with Crippen LogP contribution in [0.15, 0.2) is 0 Å². The van der Waals surface area contributed by atoms with Crippen LogP contribution in [0.5, 0.6) is 11.2 Å². The molecule has 9 heteroatoms. The van der Waals surface area contributed by atoms with Crippen molar-refractivity contribution in [2.45, 2.75) is 27.2 Å². The van der Waals surface area contributed by atoms with E-state index < -0.39 is 6.72 Å². The molecule has 104 valence electrons. The first kappa shape index (κ1) is 15.8. The molecule has 0 unspecified atom stereocenters. The quantitative estimate of drug-likeness (QED) is 0.649. The molecule has 1 aromatic rings. The molecule has 0 bridgehead atoms. The van der Waals surface area contributed by atoms with Gasteiger partial charge in [0, 0.05) is 23.3 Å². The highest BCUT2D eigenvalue weighted by molar-refractivity contribution is 8.07. The zero-order chi connectivity index (χ0) is 13.4. The fourth-order valence-electron chi connectivity index (χ4n) is 0.988. The highest BCUT2D eigenvalue weighted by atomic mass is 32.5. The van der Waals surface area contributed by atoms with Crippen LogP contribution in [0.2, 0.25) is 0 Å². The first-order valence-electron chi connectivity index (χ1n) is 5.68. The van der Waals surface area contributed by atoms with Crippen molar-refractivity contribution < 1.29 is 18.3 Å². The standard InChI is InChI=1S/C9H17N2O4PS2/c1-4-7-12-9-10-8(11-18-9)15-16(17,13-5-2)14-6-3/h4-7H2,1-3H3. The minimum atomic E-state index is -2.79. The summed E-state index contributed by atoms with van der Waals surface area (Å²) in [6.07, 6.45) is 0.908. The largest absolute Gasteiger partial charge is 0.469 e. The number of nitrogens with zero attached hydrogens (tertiary/aromatic N) is 2. The third-order valence-corrected chi connectivity index (χ3v) is 4.59. The van der Waals surface area contributed by atoms with Gasteiger partial charge in [0.05, 0.1) is 19.8 Å². The Hall–Kier alpha value is -0.270. The Morgan fingerprint density at radius 1 is 1.22 bits per heavy atom. The van der Waals surface area contributed by atoms with E-state index in [0.717, 1.165) is 18.0 Å². The summed E-state index contributed by atoms with van der Waals surface area (Å²) < 4.78 is 25.4. The van der Waals surface area contributed by atoms with Crippen molar-refractivity contribution in [1.82, 2.24) is 9.36 Å². The minimum Gasteiger partial charge on any atom is -0.469 e. The molecule has 0 N–H and O–H groups in total. The maximum atomic E-state index is 5.43. The third kappa shape index (κ3) is 5.16. The molecule has 0 aliphatic rings. The van der Waals surface area contributed by atoms with E-state index in [1.807, 2.05) is 20.8 Å². The molecule has 1 heterocycles. The summed E-state index contributed by atoms with van der Waals surface area (Å²) in [7, 11) is 0. The fourth-order valence-corrected chi connectivity index (χ4v) is 3.46. The first-order chi connectivity index (χ1) is 8.63. The molecule has 1 aromatic heterocycles. The molecule has 0 aliphatic carbocycles. The van der Waals surface area contributed by atoms with Gasteiger partial charge in [0.25, 0.3) is 5.19 Å². The van der Waals surface area contributed by atoms with E-state index in [1.165, 1.54) is 0 Å². The number of rotatable bonds is 9. The van der Waals surface area contributed by atoms with Gasteiger partial charge in [-0.3, -0.25) is 9.05 Å². The summed E-state index contributed by atoms with van der Waals surface area (Å²) in [6, 6.07) is 0.149. The fraction of sp³-hybridized carbons (Fsp3) is 0.778. The van der Waals surface area contributed by atoms with Gasteiger partial charge in [0.2, 0.25) is 0 Å². The summed E-state index contributed by atoms with van der Waals surface area (Å²) in [6.45, 7) is 4.31. The number of ether oxygens (including phenoxy) is 1. The van der Waals surface area contributed by atoms with E-state index in [4.69, 9.17) is 30.1 Å². The molecule has 0 atom stereocenters. The van der Waals surface area contributed by atoms with Gasteiger partial charge in [-0.25, -0.2) is 0 Å². The first-order valence-corrected chi connectivity index (χ1v) is 9.01. The van der Waals surface area contributed by atoms with Crippen LogP contribution in [0.4, 0.5) is 0 Å². The van der Waals surface area contributed by atoms with Gasteiger partial charge in [-0.2, -0.15) is 0 Å². The van der Waals surface area contributed by atoms with Crippen LogP contribution in [0.3, 0.4) is 0 Å². The average molecular weight is 312 g/mol. The van der Waals surface area contributed by atoms with Crippen LogP contribution in [0, 0.1) is 0 Å². The molecule has 0 aliphatic heterocycles. The van der Waals surface area contributed by atoms with Gasteiger partial charge in [0.1, 0.15) is 0 Å². The molecule has 0 saturated heterocycles. The Bertz CT molecular complexity index is 392. The molecule has 0 amide bonds. The normalized spacial score (nSPS) is 11.5. The molecule has 0 aromatic carbocycles. The van der Waals surface area contributed by atoms with E-state index in [0.29, 0.717) is 25.0 Å². The second-order valence-electron chi connectivity index (χ2n) is 3.07. The highest BCUT2D eigenvalue weighted by Crippen LogP contribution is 2.49. The molecule has 1 rings (SSSR count). The van der Waals surface area contributed by atoms with Gasteiger partial charge in [-0.15, -0.1) is 9.36 Å². The third-order valence-electron chi connectivity index (χ3n) is 1.59. The number of hydrogen-bond donors (Lipinski definition) is 0. The summed E-state index contributed by atoms with van der Waals surface area (Å²) in [5, 5.41) is 0.460. The van der Waals surface area contributed by atoms with Gasteiger partial charge in [-0.1, -0.05) is 6.92 Å². The zero-order valence-electron chi connectivity index (χ0n) is 10.6. The Balaban J connectivity index is 2.63. The summed E-state index contributed by atoms with van der Waals surface area (Å²) >= 11 is 6.33. The van der Waals surface area contributed by atoms with Crippen LogP contribution >= 0.6 is 18.3 Å². The van der Waals surface area contributed by atoms with Gasteiger partial charge >= 0.3 is 12.7 Å². The molecule has 0 fully saturated rings. The monoisotopic (exact) mass is 312 g/mol. The predicted molar refractivity (Wildman–Crippen MR) is 73.9 cm³/mol. The van der Waals surface area contributed by atoms with Crippen molar-refractivity contribution in [3.8, 4) is 11.2 Å². The lowest BCUT2D eigenvalue weighted by Crippen LogP contribution is -2.03. The molecule has 6 nitrogen and oxygen atoms in total. The van der Waals surface area contributed by atoms with E-state index in [9.17, 15) is 0 Å². The van der Waals surface area contributed by atoms with Gasteiger partial charge < -0.3 is 9.26 Å². The second kappa shape index (κ2) is 8.01. The summed E-state index contributed by atoms with van der Waals surface area (Å²) in [5.74, 6) is 0. The van der Waals surface area contributed by atoms with Crippen molar-refractivity contribution in [2.75, 3.05) is 19.8 Å². The SMILES string of the molecule is CCCOc1nc(OP(=S)(OCC)OCC)ns1. The molecular weight excluding hydrogens is 295 g/mol. The lowest BCUT2D eigenvalue weighted by Gasteiger charge is -2.18. The topological polar surface area (TPSA) is 62.7 Å². The van der Waals surface area contributed by atoms with Crippen LogP contribution in [0.1, 0.15) is 27.2 Å². The van der Waals surface area contributed by atoms with Crippen molar-refractivity contribution in [3.63, 3.8) is 0 Å². The molecule has 0 radical (unpaired) electrons. The maximum Gasteiger partial charge on any atom is 0.382 e.